The molecule has 9 rings (SSSR count). The van der Waals surface area contributed by atoms with Crippen molar-refractivity contribution in [3.8, 4) is 5.75 Å². The summed E-state index contributed by atoms with van der Waals surface area (Å²) in [5.41, 5.74) is 6.96. The van der Waals surface area contributed by atoms with Crippen molar-refractivity contribution in [3.05, 3.63) is 170 Å². The van der Waals surface area contributed by atoms with Gasteiger partial charge >= 0.3 is 17.6 Å². The van der Waals surface area contributed by atoms with Gasteiger partial charge in [0.2, 0.25) is 0 Å². The molecule has 4 aliphatic rings. The molecule has 298 valence electrons. The molecule has 0 saturated heterocycles. The van der Waals surface area contributed by atoms with Gasteiger partial charge in [-0.1, -0.05) is 110 Å². The van der Waals surface area contributed by atoms with Crippen LogP contribution in [-0.4, -0.2) is 23.6 Å². The van der Waals surface area contributed by atoms with Crippen LogP contribution in [0.5, 0.6) is 5.75 Å². The van der Waals surface area contributed by atoms with Crippen molar-refractivity contribution in [2.45, 2.75) is 109 Å². The van der Waals surface area contributed by atoms with Gasteiger partial charge in [0.05, 0.1) is 5.56 Å². The molecule has 7 nitrogen and oxygen atoms in total. The predicted octanol–water partition coefficient (Wildman–Crippen LogP) is 11.0. The van der Waals surface area contributed by atoms with E-state index in [4.69, 9.17) is 18.6 Å². The maximum absolute atomic E-state index is 14.6. The molecule has 4 aromatic carbocycles. The predicted molar refractivity (Wildman–Crippen MR) is 226 cm³/mol. The number of fused-ring (bicyclic) bond motifs is 11. The SMILES string of the molecule is CC(C)=C1CCc2ccc(cc2)[C@H]2C=C[C@@H](c3cccc(Cc4ccccc4)c3)C[C@H]2CC(=O)O[C@H]2c3c(ccc4cc(C(C)C)c(=O)oc34)OC(C)(C)[C@H]2OC1=O. The van der Waals surface area contributed by atoms with Crippen LogP contribution in [0, 0.1) is 5.92 Å². The van der Waals surface area contributed by atoms with Gasteiger partial charge in [-0.15, -0.1) is 0 Å². The largest absolute Gasteiger partial charge is 0.483 e. The number of carbonyl (C=O) groups excluding carboxylic acids is 2. The van der Waals surface area contributed by atoms with Crippen LogP contribution >= 0.6 is 0 Å². The zero-order valence-electron chi connectivity index (χ0n) is 34.2. The van der Waals surface area contributed by atoms with E-state index in [9.17, 15) is 14.4 Å². The minimum absolute atomic E-state index is 0.0213. The Hall–Kier alpha value is -5.69. The zero-order valence-corrected chi connectivity index (χ0v) is 34.2. The molecule has 0 fully saturated rings. The van der Waals surface area contributed by atoms with Gasteiger partial charge in [0.25, 0.3) is 0 Å². The van der Waals surface area contributed by atoms with Crippen molar-refractivity contribution in [1.29, 1.82) is 0 Å². The molecule has 2 bridgehead atoms. The van der Waals surface area contributed by atoms with Gasteiger partial charge in [0, 0.05) is 34.8 Å². The molecule has 5 aromatic rings. The minimum Gasteiger partial charge on any atom is -0.483 e. The molecule has 58 heavy (non-hydrogen) atoms. The Morgan fingerprint density at radius 3 is 2.29 bits per heavy atom. The average Bonchev–Trinajstić information content (AvgIpc) is 3.19. The lowest BCUT2D eigenvalue weighted by atomic mass is 9.72. The van der Waals surface area contributed by atoms with E-state index >= 15 is 0 Å². The van der Waals surface area contributed by atoms with Crippen LogP contribution in [0.25, 0.3) is 11.0 Å². The second kappa shape index (κ2) is 15.9. The summed E-state index contributed by atoms with van der Waals surface area (Å²) in [5.74, 6) is -0.590. The summed E-state index contributed by atoms with van der Waals surface area (Å²) < 4.78 is 25.6. The summed E-state index contributed by atoms with van der Waals surface area (Å²) in [4.78, 5) is 42.2. The van der Waals surface area contributed by atoms with E-state index in [0.29, 0.717) is 40.7 Å². The zero-order chi connectivity index (χ0) is 40.7. The van der Waals surface area contributed by atoms with Crippen LogP contribution in [-0.2, 0) is 31.9 Å². The number of hydrogen-bond donors (Lipinski definition) is 0. The van der Waals surface area contributed by atoms with Gasteiger partial charge in [0.1, 0.15) is 16.9 Å². The highest BCUT2D eigenvalue weighted by atomic mass is 16.6. The fraction of sp³-hybridized carbons (Fsp3) is 0.353. The standard InChI is InChI=1S/C51H52O7/c1-30(2)40-22-17-32-15-18-35(19-16-32)41-23-20-37(36-14-10-13-34(26-36)25-33-11-8-7-9-12-33)27-39(41)29-44(52)55-47-45-43(58-51(5,6)48(47)57-49(40)53)24-21-38-28-42(31(3)4)50(54)56-46(38)45/h7-16,18-21,23-24,26,28,31,37,39,41,47-48H,17,22,25,27,29H2,1-6H3/t37-,39+,41-,47+,48+/m1/s1. The molecule has 0 spiro atoms. The summed E-state index contributed by atoms with van der Waals surface area (Å²) in [6.07, 6.45) is 5.22. The monoisotopic (exact) mass is 776 g/mol. The fourth-order valence-corrected chi connectivity index (χ4v) is 9.04. The highest BCUT2D eigenvalue weighted by Gasteiger charge is 2.51. The molecular formula is C51H52O7. The minimum atomic E-state index is -1.11. The Bertz CT molecular complexity index is 2460. The number of benzene rings is 4. The molecule has 1 aromatic heterocycles. The molecule has 0 unspecified atom stereocenters. The third kappa shape index (κ3) is 7.92. The van der Waals surface area contributed by atoms with Crippen molar-refractivity contribution in [1.82, 2.24) is 0 Å². The summed E-state index contributed by atoms with van der Waals surface area (Å²) in [6.45, 7) is 11.4. The quantitative estimate of drug-likeness (QED) is 0.0776. The van der Waals surface area contributed by atoms with E-state index in [1.807, 2.05) is 65.8 Å². The van der Waals surface area contributed by atoms with E-state index in [1.165, 1.54) is 16.7 Å². The molecule has 4 heterocycles. The number of hydrogen-bond acceptors (Lipinski definition) is 7. The summed E-state index contributed by atoms with van der Waals surface area (Å²) in [6, 6.07) is 33.3. The third-order valence-corrected chi connectivity index (χ3v) is 12.2. The van der Waals surface area contributed by atoms with Gasteiger partial charge in [-0.25, -0.2) is 9.59 Å². The van der Waals surface area contributed by atoms with Crippen LogP contribution in [0.4, 0.5) is 0 Å². The lowest BCUT2D eigenvalue weighted by Crippen LogP contribution is -2.52. The smallest absolute Gasteiger partial charge is 0.339 e. The van der Waals surface area contributed by atoms with Crippen LogP contribution in [0.1, 0.15) is 124 Å². The first-order chi connectivity index (χ1) is 27.8. The van der Waals surface area contributed by atoms with Crippen molar-refractivity contribution in [3.63, 3.8) is 0 Å². The van der Waals surface area contributed by atoms with E-state index in [0.717, 1.165) is 29.5 Å². The first-order valence-electron chi connectivity index (χ1n) is 20.6. The normalized spacial score (nSPS) is 23.0. The molecular weight excluding hydrogens is 725 g/mol. The van der Waals surface area contributed by atoms with E-state index in [-0.39, 0.29) is 35.7 Å². The maximum Gasteiger partial charge on any atom is 0.339 e. The number of rotatable bonds is 4. The summed E-state index contributed by atoms with van der Waals surface area (Å²) in [5, 5.41) is 0.668. The highest BCUT2D eigenvalue weighted by Crippen LogP contribution is 2.48. The Morgan fingerprint density at radius 2 is 1.55 bits per heavy atom. The van der Waals surface area contributed by atoms with E-state index < -0.39 is 35.4 Å². The van der Waals surface area contributed by atoms with Gasteiger partial charge in [-0.2, -0.15) is 0 Å². The second-order valence-corrected chi connectivity index (χ2v) is 17.3. The Morgan fingerprint density at radius 1 is 0.793 bits per heavy atom. The second-order valence-electron chi connectivity index (χ2n) is 17.3. The van der Waals surface area contributed by atoms with Gasteiger partial charge in [-0.3, -0.25) is 4.79 Å². The molecule has 0 radical (unpaired) electrons. The molecule has 7 heteroatoms. The average molecular weight is 777 g/mol. The number of aryl methyl sites for hydroxylation is 1. The topological polar surface area (TPSA) is 92.0 Å². The molecule has 0 saturated carbocycles. The van der Waals surface area contributed by atoms with Crippen LogP contribution < -0.4 is 10.4 Å². The lowest BCUT2D eigenvalue weighted by molar-refractivity contribution is -0.188. The first kappa shape index (κ1) is 39.2. The summed E-state index contributed by atoms with van der Waals surface area (Å²) in [7, 11) is 0. The highest BCUT2D eigenvalue weighted by molar-refractivity contribution is 5.90. The molecule has 0 amide bonds. The molecule has 1 aliphatic carbocycles. The maximum atomic E-state index is 14.6. The van der Waals surface area contributed by atoms with Crippen molar-refractivity contribution >= 4 is 22.9 Å². The number of esters is 2. The molecule has 0 N–H and O–H groups in total. The Balaban J connectivity index is 1.20. The van der Waals surface area contributed by atoms with Crippen LogP contribution in [0.3, 0.4) is 0 Å². The van der Waals surface area contributed by atoms with Crippen LogP contribution in [0.2, 0.25) is 0 Å². The summed E-state index contributed by atoms with van der Waals surface area (Å²) >= 11 is 0. The van der Waals surface area contributed by atoms with Crippen LogP contribution in [0.15, 0.2) is 130 Å². The number of allylic oxidation sites excluding steroid dienone is 3. The lowest BCUT2D eigenvalue weighted by Gasteiger charge is -2.43. The Kier molecular flexibility index (Phi) is 10.7. The van der Waals surface area contributed by atoms with E-state index in [2.05, 4.69) is 84.9 Å². The Labute approximate surface area is 340 Å². The molecule has 5 atom stereocenters. The van der Waals surface area contributed by atoms with Crippen molar-refractivity contribution in [2.24, 2.45) is 5.92 Å². The first-order valence-corrected chi connectivity index (χ1v) is 20.6. The number of carbonyl (C=O) groups is 2. The third-order valence-electron chi connectivity index (χ3n) is 12.2. The van der Waals surface area contributed by atoms with E-state index in [1.54, 1.807) is 0 Å². The van der Waals surface area contributed by atoms with Gasteiger partial charge in [0.15, 0.2) is 12.2 Å². The molecule has 3 aliphatic heterocycles. The fourth-order valence-electron chi connectivity index (χ4n) is 9.04. The number of ether oxygens (including phenoxy) is 3. The van der Waals surface area contributed by atoms with Crippen molar-refractivity contribution < 1.29 is 28.2 Å². The van der Waals surface area contributed by atoms with Gasteiger partial charge in [-0.05, 0) is 111 Å². The van der Waals surface area contributed by atoms with Crippen molar-refractivity contribution in [2.75, 3.05) is 0 Å². The van der Waals surface area contributed by atoms with Gasteiger partial charge < -0.3 is 18.6 Å².